The summed E-state index contributed by atoms with van der Waals surface area (Å²) in [4.78, 5) is 14.0. The van der Waals surface area contributed by atoms with Gasteiger partial charge in [-0.05, 0) is 37.2 Å². The molecule has 2 aromatic rings. The predicted octanol–water partition coefficient (Wildman–Crippen LogP) is 3.27. The van der Waals surface area contributed by atoms with Crippen LogP contribution in [0.5, 0.6) is 0 Å². The van der Waals surface area contributed by atoms with E-state index in [2.05, 4.69) is 5.32 Å². The minimum Gasteiger partial charge on any atom is -0.348 e. The Morgan fingerprint density at radius 2 is 1.83 bits per heavy atom. The first-order chi connectivity index (χ1) is 11.0. The van der Waals surface area contributed by atoms with E-state index in [1.165, 1.54) is 6.07 Å². The molecule has 0 radical (unpaired) electrons. The van der Waals surface area contributed by atoms with E-state index < -0.39 is 11.6 Å². The molecular formula is C18H20F2N2O. The molecule has 3 nitrogen and oxygen atoms in total. The van der Waals surface area contributed by atoms with Crippen molar-refractivity contribution in [3.63, 3.8) is 0 Å². The second-order valence-electron chi connectivity index (χ2n) is 5.62. The number of hydrogen-bond acceptors (Lipinski definition) is 2. The quantitative estimate of drug-likeness (QED) is 0.886. The predicted molar refractivity (Wildman–Crippen MR) is 85.7 cm³/mol. The smallest absolute Gasteiger partial charge is 0.234 e. The summed E-state index contributed by atoms with van der Waals surface area (Å²) in [5.41, 5.74) is 1.65. The van der Waals surface area contributed by atoms with Crippen molar-refractivity contribution in [3.05, 3.63) is 71.3 Å². The molecule has 0 saturated heterocycles. The number of rotatable bonds is 6. The van der Waals surface area contributed by atoms with Crippen LogP contribution in [0, 0.1) is 11.6 Å². The lowest BCUT2D eigenvalue weighted by Crippen LogP contribution is -2.36. The van der Waals surface area contributed by atoms with Crippen LogP contribution in [0.4, 0.5) is 8.78 Å². The van der Waals surface area contributed by atoms with Gasteiger partial charge in [0.25, 0.3) is 0 Å². The third-order valence-electron chi connectivity index (χ3n) is 3.53. The van der Waals surface area contributed by atoms with Crippen LogP contribution in [-0.4, -0.2) is 24.4 Å². The Hall–Kier alpha value is -2.27. The first-order valence-electron chi connectivity index (χ1n) is 7.42. The van der Waals surface area contributed by atoms with Crippen molar-refractivity contribution in [1.29, 1.82) is 0 Å². The Balaban J connectivity index is 1.87. The fourth-order valence-electron chi connectivity index (χ4n) is 2.35. The van der Waals surface area contributed by atoms with E-state index in [9.17, 15) is 13.6 Å². The fraction of sp³-hybridized carbons (Fsp3) is 0.278. The molecule has 5 heteroatoms. The average molecular weight is 318 g/mol. The first kappa shape index (κ1) is 17.1. The van der Waals surface area contributed by atoms with Crippen LogP contribution < -0.4 is 5.32 Å². The van der Waals surface area contributed by atoms with Crippen LogP contribution in [0.3, 0.4) is 0 Å². The number of nitrogens with one attached hydrogen (secondary N) is 1. The van der Waals surface area contributed by atoms with Crippen LogP contribution in [0.15, 0.2) is 48.5 Å². The summed E-state index contributed by atoms with van der Waals surface area (Å²) < 4.78 is 26.2. The van der Waals surface area contributed by atoms with Gasteiger partial charge in [-0.15, -0.1) is 0 Å². The summed E-state index contributed by atoms with van der Waals surface area (Å²) in [5, 5.41) is 2.79. The lowest BCUT2D eigenvalue weighted by atomic mass is 10.1. The van der Waals surface area contributed by atoms with Crippen molar-refractivity contribution in [2.45, 2.75) is 19.5 Å². The van der Waals surface area contributed by atoms with Crippen LogP contribution >= 0.6 is 0 Å². The van der Waals surface area contributed by atoms with E-state index in [-0.39, 0.29) is 18.5 Å². The van der Waals surface area contributed by atoms with Crippen molar-refractivity contribution in [2.24, 2.45) is 0 Å². The van der Waals surface area contributed by atoms with Gasteiger partial charge < -0.3 is 5.32 Å². The third kappa shape index (κ3) is 5.14. The van der Waals surface area contributed by atoms with Gasteiger partial charge in [0, 0.05) is 6.54 Å². The number of amides is 1. The molecule has 1 atom stereocenters. The monoisotopic (exact) mass is 318 g/mol. The van der Waals surface area contributed by atoms with Crippen molar-refractivity contribution >= 4 is 5.91 Å². The molecule has 23 heavy (non-hydrogen) atoms. The molecule has 122 valence electrons. The van der Waals surface area contributed by atoms with E-state index in [4.69, 9.17) is 0 Å². The maximum atomic E-state index is 13.2. The van der Waals surface area contributed by atoms with Gasteiger partial charge in [0.15, 0.2) is 11.6 Å². The molecule has 1 amide bonds. The maximum absolute atomic E-state index is 13.2. The summed E-state index contributed by atoms with van der Waals surface area (Å²) in [5.74, 6) is -1.97. The van der Waals surface area contributed by atoms with Gasteiger partial charge in [0.1, 0.15) is 0 Å². The Morgan fingerprint density at radius 1 is 1.13 bits per heavy atom. The van der Waals surface area contributed by atoms with Gasteiger partial charge in [0.2, 0.25) is 5.91 Å². The van der Waals surface area contributed by atoms with Crippen LogP contribution in [-0.2, 0) is 11.3 Å². The molecule has 0 bridgehead atoms. The SMILES string of the molecule is CC(NC(=O)CN(C)Cc1ccccc1)c1ccc(F)c(F)c1. The zero-order valence-corrected chi connectivity index (χ0v) is 13.2. The first-order valence-corrected chi connectivity index (χ1v) is 7.42. The highest BCUT2D eigenvalue weighted by Crippen LogP contribution is 2.15. The molecule has 0 aliphatic rings. The van der Waals surface area contributed by atoms with Gasteiger partial charge in [-0.1, -0.05) is 36.4 Å². The van der Waals surface area contributed by atoms with Crippen molar-refractivity contribution < 1.29 is 13.6 Å². The lowest BCUT2D eigenvalue weighted by molar-refractivity contribution is -0.122. The molecular weight excluding hydrogens is 298 g/mol. The summed E-state index contributed by atoms with van der Waals surface area (Å²) in [6.45, 7) is 2.62. The average Bonchev–Trinajstić information content (AvgIpc) is 2.50. The van der Waals surface area contributed by atoms with E-state index in [1.54, 1.807) is 6.92 Å². The second kappa shape index (κ2) is 7.83. The topological polar surface area (TPSA) is 32.3 Å². The highest BCUT2D eigenvalue weighted by molar-refractivity contribution is 5.78. The highest BCUT2D eigenvalue weighted by atomic mass is 19.2. The molecule has 0 aromatic heterocycles. The minimum atomic E-state index is -0.912. The molecule has 0 aliphatic heterocycles. The molecule has 0 fully saturated rings. The van der Waals surface area contributed by atoms with E-state index in [0.717, 1.165) is 17.7 Å². The van der Waals surface area contributed by atoms with Crippen molar-refractivity contribution in [3.8, 4) is 0 Å². The second-order valence-corrected chi connectivity index (χ2v) is 5.62. The molecule has 2 aromatic carbocycles. The zero-order valence-electron chi connectivity index (χ0n) is 13.2. The number of carbonyl (C=O) groups is 1. The third-order valence-corrected chi connectivity index (χ3v) is 3.53. The molecule has 0 heterocycles. The molecule has 1 unspecified atom stereocenters. The van der Waals surface area contributed by atoms with Crippen LogP contribution in [0.1, 0.15) is 24.1 Å². The molecule has 1 N–H and O–H groups in total. The van der Waals surface area contributed by atoms with Gasteiger partial charge in [-0.25, -0.2) is 8.78 Å². The Kier molecular flexibility index (Phi) is 5.82. The lowest BCUT2D eigenvalue weighted by Gasteiger charge is -2.19. The van der Waals surface area contributed by atoms with E-state index in [1.807, 2.05) is 42.3 Å². The molecule has 0 aliphatic carbocycles. The standard InChI is InChI=1S/C18H20F2N2O/c1-13(15-8-9-16(19)17(20)10-15)21-18(23)12-22(2)11-14-6-4-3-5-7-14/h3-10,13H,11-12H2,1-2H3,(H,21,23). The summed E-state index contributed by atoms with van der Waals surface area (Å²) in [7, 11) is 1.86. The van der Waals surface area contributed by atoms with Crippen molar-refractivity contribution in [2.75, 3.05) is 13.6 Å². The minimum absolute atomic E-state index is 0.166. The highest BCUT2D eigenvalue weighted by Gasteiger charge is 2.13. The van der Waals surface area contributed by atoms with E-state index in [0.29, 0.717) is 12.1 Å². The fourth-order valence-corrected chi connectivity index (χ4v) is 2.35. The Morgan fingerprint density at radius 3 is 2.48 bits per heavy atom. The number of likely N-dealkylation sites (N-methyl/N-ethyl adjacent to an activating group) is 1. The largest absolute Gasteiger partial charge is 0.348 e. The van der Waals surface area contributed by atoms with Gasteiger partial charge >= 0.3 is 0 Å². The van der Waals surface area contributed by atoms with Crippen LogP contribution in [0.2, 0.25) is 0 Å². The number of benzene rings is 2. The Bertz CT molecular complexity index is 661. The van der Waals surface area contributed by atoms with E-state index >= 15 is 0 Å². The zero-order chi connectivity index (χ0) is 16.8. The normalized spacial score (nSPS) is 12.2. The molecule has 0 spiro atoms. The van der Waals surface area contributed by atoms with Crippen molar-refractivity contribution in [1.82, 2.24) is 10.2 Å². The van der Waals surface area contributed by atoms with Crippen LogP contribution in [0.25, 0.3) is 0 Å². The summed E-state index contributed by atoms with van der Waals surface area (Å²) >= 11 is 0. The number of nitrogens with zero attached hydrogens (tertiary/aromatic N) is 1. The maximum Gasteiger partial charge on any atom is 0.234 e. The Labute approximate surface area is 134 Å². The summed E-state index contributed by atoms with van der Waals surface area (Å²) in [6, 6.07) is 13.1. The van der Waals surface area contributed by atoms with Gasteiger partial charge in [0.05, 0.1) is 12.6 Å². The van der Waals surface area contributed by atoms with Gasteiger partial charge in [-0.2, -0.15) is 0 Å². The number of hydrogen-bond donors (Lipinski definition) is 1. The number of halogens is 2. The van der Waals surface area contributed by atoms with Gasteiger partial charge in [-0.3, -0.25) is 9.69 Å². The summed E-state index contributed by atoms with van der Waals surface area (Å²) in [6.07, 6.45) is 0. The molecule has 0 saturated carbocycles. The molecule has 2 rings (SSSR count). The number of carbonyl (C=O) groups excluding carboxylic acids is 1.